The average Bonchev–Trinajstić information content (AvgIpc) is 2.92. The second kappa shape index (κ2) is 8.70. The number of hydrogen-bond acceptors (Lipinski definition) is 3. The fraction of sp³-hybridized carbons (Fsp3) is 0.389. The first-order valence-electron chi connectivity index (χ1n) is 7.84. The van der Waals surface area contributed by atoms with E-state index in [1.54, 1.807) is 16.2 Å². The van der Waals surface area contributed by atoms with Crippen LogP contribution in [0.25, 0.3) is 0 Å². The molecule has 0 bridgehead atoms. The van der Waals surface area contributed by atoms with Crippen molar-refractivity contribution >= 4 is 17.4 Å². The number of aliphatic hydroxyl groups excluding tert-OH is 1. The van der Waals surface area contributed by atoms with Crippen LogP contribution in [0.15, 0.2) is 42.5 Å². The van der Waals surface area contributed by atoms with Gasteiger partial charge in [0, 0.05) is 35.3 Å². The molecule has 2 amide bonds. The van der Waals surface area contributed by atoms with Crippen molar-refractivity contribution in [2.24, 2.45) is 0 Å². The molecule has 0 aliphatic rings. The highest BCUT2D eigenvalue weighted by atomic mass is 32.1. The van der Waals surface area contributed by atoms with Gasteiger partial charge in [-0.15, -0.1) is 11.3 Å². The molecule has 0 radical (unpaired) electrons. The van der Waals surface area contributed by atoms with E-state index in [1.165, 1.54) is 9.75 Å². The van der Waals surface area contributed by atoms with Gasteiger partial charge in [-0.3, -0.25) is 0 Å². The van der Waals surface area contributed by atoms with Crippen molar-refractivity contribution in [3.63, 3.8) is 0 Å². The third-order valence-corrected chi connectivity index (χ3v) is 4.57. The molecule has 1 atom stereocenters. The summed E-state index contributed by atoms with van der Waals surface area (Å²) in [7, 11) is 0. The summed E-state index contributed by atoms with van der Waals surface area (Å²) in [6.07, 6.45) is 0.822. The first-order valence-corrected chi connectivity index (χ1v) is 8.65. The molecule has 4 nitrogen and oxygen atoms in total. The SMILES string of the molecule is Cc1ccc(CC(C)NC(=O)N(CCO)Cc2ccccc2)s1. The first kappa shape index (κ1) is 17.5. The Morgan fingerprint density at radius 2 is 2.00 bits per heavy atom. The van der Waals surface area contributed by atoms with E-state index < -0.39 is 0 Å². The van der Waals surface area contributed by atoms with Crippen LogP contribution >= 0.6 is 11.3 Å². The van der Waals surface area contributed by atoms with Crippen LogP contribution in [-0.2, 0) is 13.0 Å². The van der Waals surface area contributed by atoms with Crippen molar-refractivity contribution in [1.82, 2.24) is 10.2 Å². The Labute approximate surface area is 141 Å². The second-order valence-electron chi connectivity index (χ2n) is 5.70. The number of amides is 2. The molecular formula is C18H24N2O2S. The molecule has 0 aliphatic carbocycles. The number of benzene rings is 1. The van der Waals surface area contributed by atoms with Crippen molar-refractivity contribution in [1.29, 1.82) is 0 Å². The molecule has 2 N–H and O–H groups in total. The van der Waals surface area contributed by atoms with E-state index in [2.05, 4.69) is 24.4 Å². The number of carbonyl (C=O) groups is 1. The lowest BCUT2D eigenvalue weighted by Crippen LogP contribution is -2.45. The summed E-state index contributed by atoms with van der Waals surface area (Å²) in [5, 5.41) is 12.2. The number of aliphatic hydroxyl groups is 1. The third kappa shape index (κ3) is 5.69. The van der Waals surface area contributed by atoms with E-state index in [0.717, 1.165) is 12.0 Å². The minimum atomic E-state index is -0.135. The maximum Gasteiger partial charge on any atom is 0.317 e. The van der Waals surface area contributed by atoms with Gasteiger partial charge in [0.05, 0.1) is 6.61 Å². The Hall–Kier alpha value is -1.85. The monoisotopic (exact) mass is 332 g/mol. The Bertz CT molecular complexity index is 612. The van der Waals surface area contributed by atoms with E-state index in [0.29, 0.717) is 13.1 Å². The highest BCUT2D eigenvalue weighted by molar-refractivity contribution is 7.11. The minimum absolute atomic E-state index is 0.0429. The zero-order valence-corrected chi connectivity index (χ0v) is 14.5. The number of nitrogens with zero attached hydrogens (tertiary/aromatic N) is 1. The third-order valence-electron chi connectivity index (χ3n) is 3.55. The lowest BCUT2D eigenvalue weighted by atomic mass is 10.2. The summed E-state index contributed by atoms with van der Waals surface area (Å²) in [5.74, 6) is 0. The van der Waals surface area contributed by atoms with Gasteiger partial charge in [-0.25, -0.2) is 4.79 Å². The van der Waals surface area contributed by atoms with Gasteiger partial charge in [0.15, 0.2) is 0 Å². The number of hydrogen-bond donors (Lipinski definition) is 2. The molecule has 2 rings (SSSR count). The first-order chi connectivity index (χ1) is 11.1. The highest BCUT2D eigenvalue weighted by Crippen LogP contribution is 2.16. The van der Waals surface area contributed by atoms with Gasteiger partial charge in [0.25, 0.3) is 0 Å². The molecule has 1 aromatic heterocycles. The quantitative estimate of drug-likeness (QED) is 0.818. The lowest BCUT2D eigenvalue weighted by Gasteiger charge is -2.24. The maximum absolute atomic E-state index is 12.5. The molecule has 0 aliphatic heterocycles. The standard InChI is InChI=1S/C18H24N2O2S/c1-14(12-17-9-8-15(2)23-17)19-18(22)20(10-11-21)13-16-6-4-3-5-7-16/h3-9,14,21H,10-13H2,1-2H3,(H,19,22). The van der Waals surface area contributed by atoms with Crippen LogP contribution in [0.5, 0.6) is 0 Å². The summed E-state index contributed by atoms with van der Waals surface area (Å²) in [5.41, 5.74) is 1.05. The van der Waals surface area contributed by atoms with Gasteiger partial charge >= 0.3 is 6.03 Å². The van der Waals surface area contributed by atoms with Gasteiger partial charge in [-0.1, -0.05) is 30.3 Å². The van der Waals surface area contributed by atoms with Crippen molar-refractivity contribution in [3.8, 4) is 0 Å². The normalized spacial score (nSPS) is 12.0. The number of rotatable bonds is 7. The van der Waals surface area contributed by atoms with Crippen molar-refractivity contribution in [2.45, 2.75) is 32.9 Å². The predicted molar refractivity (Wildman–Crippen MR) is 94.7 cm³/mol. The number of nitrogens with one attached hydrogen (secondary N) is 1. The molecule has 1 heterocycles. The van der Waals surface area contributed by atoms with Crippen LogP contribution in [-0.4, -0.2) is 35.2 Å². The molecule has 1 unspecified atom stereocenters. The van der Waals surface area contributed by atoms with Gasteiger partial charge in [-0.05, 0) is 31.5 Å². The van der Waals surface area contributed by atoms with E-state index >= 15 is 0 Å². The fourth-order valence-electron chi connectivity index (χ4n) is 2.43. The topological polar surface area (TPSA) is 52.6 Å². The number of thiophene rings is 1. The predicted octanol–water partition coefficient (Wildman–Crippen LogP) is 3.19. The van der Waals surface area contributed by atoms with E-state index in [-0.39, 0.29) is 18.7 Å². The summed E-state index contributed by atoms with van der Waals surface area (Å²) in [4.78, 5) is 16.6. The Balaban J connectivity index is 1.91. The van der Waals surface area contributed by atoms with Crippen LogP contribution in [0.1, 0.15) is 22.2 Å². The number of urea groups is 1. The highest BCUT2D eigenvalue weighted by Gasteiger charge is 2.16. The maximum atomic E-state index is 12.5. The molecule has 0 fully saturated rings. The Morgan fingerprint density at radius 1 is 1.26 bits per heavy atom. The van der Waals surface area contributed by atoms with E-state index in [9.17, 15) is 9.90 Å². The molecule has 5 heteroatoms. The fourth-order valence-corrected chi connectivity index (χ4v) is 3.45. The molecule has 2 aromatic rings. The number of carbonyl (C=O) groups excluding carboxylic acids is 1. The van der Waals surface area contributed by atoms with Crippen molar-refractivity contribution in [2.75, 3.05) is 13.2 Å². The average molecular weight is 332 g/mol. The molecule has 0 saturated carbocycles. The summed E-state index contributed by atoms with van der Waals surface area (Å²) in [6.45, 7) is 4.87. The summed E-state index contributed by atoms with van der Waals surface area (Å²) < 4.78 is 0. The van der Waals surface area contributed by atoms with Gasteiger partial charge in [0.2, 0.25) is 0 Å². The second-order valence-corrected chi connectivity index (χ2v) is 7.07. The zero-order chi connectivity index (χ0) is 16.7. The Kier molecular flexibility index (Phi) is 6.62. The largest absolute Gasteiger partial charge is 0.395 e. The smallest absolute Gasteiger partial charge is 0.317 e. The van der Waals surface area contributed by atoms with Crippen LogP contribution in [0.4, 0.5) is 4.79 Å². The van der Waals surface area contributed by atoms with Gasteiger partial charge in [-0.2, -0.15) is 0 Å². The van der Waals surface area contributed by atoms with Crippen LogP contribution < -0.4 is 5.32 Å². The molecule has 0 spiro atoms. The molecule has 0 saturated heterocycles. The lowest BCUT2D eigenvalue weighted by molar-refractivity contribution is 0.171. The number of aryl methyl sites for hydroxylation is 1. The Morgan fingerprint density at radius 3 is 2.61 bits per heavy atom. The van der Waals surface area contributed by atoms with Gasteiger partial charge < -0.3 is 15.3 Å². The van der Waals surface area contributed by atoms with E-state index in [1.807, 2.05) is 37.3 Å². The minimum Gasteiger partial charge on any atom is -0.395 e. The van der Waals surface area contributed by atoms with Crippen LogP contribution in [0, 0.1) is 6.92 Å². The summed E-state index contributed by atoms with van der Waals surface area (Å²) >= 11 is 1.76. The molecule has 23 heavy (non-hydrogen) atoms. The molecular weight excluding hydrogens is 308 g/mol. The van der Waals surface area contributed by atoms with Gasteiger partial charge in [0.1, 0.15) is 0 Å². The van der Waals surface area contributed by atoms with Crippen molar-refractivity contribution < 1.29 is 9.90 Å². The molecule has 124 valence electrons. The summed E-state index contributed by atoms with van der Waals surface area (Å²) in [6, 6.07) is 13.9. The van der Waals surface area contributed by atoms with Crippen LogP contribution in [0.3, 0.4) is 0 Å². The zero-order valence-electron chi connectivity index (χ0n) is 13.7. The molecule has 1 aromatic carbocycles. The van der Waals surface area contributed by atoms with Crippen molar-refractivity contribution in [3.05, 3.63) is 57.8 Å². The van der Waals surface area contributed by atoms with Crippen LogP contribution in [0.2, 0.25) is 0 Å². The van der Waals surface area contributed by atoms with E-state index in [4.69, 9.17) is 0 Å².